The molecule has 1 atom stereocenters. The lowest BCUT2D eigenvalue weighted by Crippen LogP contribution is -2.30. The van der Waals surface area contributed by atoms with Gasteiger partial charge in [0.1, 0.15) is 5.75 Å². The highest BCUT2D eigenvalue weighted by molar-refractivity contribution is 7.98. The van der Waals surface area contributed by atoms with Crippen LogP contribution >= 0.6 is 23.4 Å². The van der Waals surface area contributed by atoms with E-state index in [4.69, 9.17) is 16.3 Å². The van der Waals surface area contributed by atoms with Crippen molar-refractivity contribution in [2.75, 3.05) is 5.32 Å². The molecule has 0 aliphatic carbocycles. The van der Waals surface area contributed by atoms with Crippen molar-refractivity contribution in [1.82, 2.24) is 0 Å². The predicted molar refractivity (Wildman–Crippen MR) is 127 cm³/mol. The van der Waals surface area contributed by atoms with Gasteiger partial charge < -0.3 is 10.1 Å². The van der Waals surface area contributed by atoms with Gasteiger partial charge in [0.05, 0.1) is 0 Å². The number of benzene rings is 3. The van der Waals surface area contributed by atoms with Gasteiger partial charge in [0.2, 0.25) is 0 Å². The maximum absolute atomic E-state index is 12.6. The summed E-state index contributed by atoms with van der Waals surface area (Å²) in [5.74, 6) is 1.34. The molecule has 0 saturated heterocycles. The first kappa shape index (κ1) is 22.3. The standard InChI is InChI=1S/C25H26ClNO2S/c1-16-12-20(15-30-22-8-6-5-7-9-22)10-11-23(16)27-25(28)19(4)29-21-13-17(2)24(26)18(3)14-21/h5-14,19H,15H2,1-4H3,(H,27,28)/t19-/m1/s1. The van der Waals surface area contributed by atoms with Crippen LogP contribution in [0.2, 0.25) is 5.02 Å². The van der Waals surface area contributed by atoms with Gasteiger partial charge in [-0.15, -0.1) is 11.8 Å². The third kappa shape index (κ3) is 5.80. The maximum atomic E-state index is 12.6. The molecule has 1 N–H and O–H groups in total. The number of amides is 1. The highest BCUT2D eigenvalue weighted by atomic mass is 35.5. The molecule has 30 heavy (non-hydrogen) atoms. The largest absolute Gasteiger partial charge is 0.481 e. The molecule has 0 saturated carbocycles. The number of nitrogens with one attached hydrogen (secondary N) is 1. The number of hydrogen-bond donors (Lipinski definition) is 1. The monoisotopic (exact) mass is 439 g/mol. The molecule has 0 radical (unpaired) electrons. The Morgan fingerprint density at radius 3 is 2.30 bits per heavy atom. The van der Waals surface area contributed by atoms with Crippen molar-refractivity contribution in [1.29, 1.82) is 0 Å². The van der Waals surface area contributed by atoms with Gasteiger partial charge in [0.15, 0.2) is 6.10 Å². The number of halogens is 1. The number of ether oxygens (including phenoxy) is 1. The second kappa shape index (κ2) is 10.1. The number of rotatable bonds is 7. The van der Waals surface area contributed by atoms with Gasteiger partial charge in [-0.3, -0.25) is 4.79 Å². The van der Waals surface area contributed by atoms with E-state index in [2.05, 4.69) is 29.6 Å². The van der Waals surface area contributed by atoms with Crippen molar-refractivity contribution in [2.24, 2.45) is 0 Å². The molecule has 3 aromatic rings. The lowest BCUT2D eigenvalue weighted by Gasteiger charge is -2.17. The average molecular weight is 440 g/mol. The molecule has 0 bridgehead atoms. The van der Waals surface area contributed by atoms with Gasteiger partial charge in [-0.25, -0.2) is 0 Å². The van der Waals surface area contributed by atoms with E-state index in [1.165, 1.54) is 10.5 Å². The number of carbonyl (C=O) groups is 1. The molecule has 156 valence electrons. The quantitative estimate of drug-likeness (QED) is 0.404. The molecule has 0 spiro atoms. The first-order valence-corrected chi connectivity index (χ1v) is 11.2. The Kier molecular flexibility index (Phi) is 7.46. The fourth-order valence-corrected chi connectivity index (χ4v) is 4.08. The highest BCUT2D eigenvalue weighted by Gasteiger charge is 2.17. The van der Waals surface area contributed by atoms with E-state index < -0.39 is 6.10 Å². The molecule has 3 rings (SSSR count). The van der Waals surface area contributed by atoms with Crippen LogP contribution in [0.3, 0.4) is 0 Å². The summed E-state index contributed by atoms with van der Waals surface area (Å²) in [6.07, 6.45) is -0.627. The molecule has 0 aliphatic heterocycles. The normalized spacial score (nSPS) is 11.8. The van der Waals surface area contributed by atoms with E-state index in [1.807, 2.05) is 57.2 Å². The van der Waals surface area contributed by atoms with E-state index >= 15 is 0 Å². The zero-order valence-electron chi connectivity index (χ0n) is 17.7. The zero-order chi connectivity index (χ0) is 21.7. The predicted octanol–water partition coefficient (Wildman–Crippen LogP) is 6.96. The SMILES string of the molecule is Cc1cc(CSc2ccccc2)ccc1NC(=O)[C@@H](C)Oc1cc(C)c(Cl)c(C)c1. The minimum atomic E-state index is -0.627. The van der Waals surface area contributed by atoms with Gasteiger partial charge in [-0.1, -0.05) is 41.9 Å². The summed E-state index contributed by atoms with van der Waals surface area (Å²) in [5, 5.41) is 3.70. The molecule has 1 amide bonds. The molecule has 0 aromatic heterocycles. The number of carbonyl (C=O) groups excluding carboxylic acids is 1. The summed E-state index contributed by atoms with van der Waals surface area (Å²) in [6, 6.07) is 20.1. The third-order valence-electron chi connectivity index (χ3n) is 4.79. The fraction of sp³-hybridized carbons (Fsp3) is 0.240. The van der Waals surface area contributed by atoms with Crippen LogP contribution in [0.4, 0.5) is 5.69 Å². The fourth-order valence-electron chi connectivity index (χ4n) is 3.11. The number of hydrogen-bond acceptors (Lipinski definition) is 3. The van der Waals surface area contributed by atoms with Crippen LogP contribution in [0.25, 0.3) is 0 Å². The van der Waals surface area contributed by atoms with E-state index in [0.717, 1.165) is 33.2 Å². The summed E-state index contributed by atoms with van der Waals surface area (Å²) in [7, 11) is 0. The Labute approximate surface area is 187 Å². The Balaban J connectivity index is 1.60. The minimum Gasteiger partial charge on any atom is -0.481 e. The molecular formula is C25H26ClNO2S. The number of anilines is 1. The lowest BCUT2D eigenvalue weighted by molar-refractivity contribution is -0.122. The molecule has 3 aromatic carbocycles. The molecule has 3 nitrogen and oxygen atoms in total. The van der Waals surface area contributed by atoms with Crippen molar-refractivity contribution < 1.29 is 9.53 Å². The summed E-state index contributed by atoms with van der Waals surface area (Å²) >= 11 is 8.00. The van der Waals surface area contributed by atoms with Crippen LogP contribution in [-0.4, -0.2) is 12.0 Å². The molecular weight excluding hydrogens is 414 g/mol. The summed E-state index contributed by atoms with van der Waals surface area (Å²) < 4.78 is 5.84. The van der Waals surface area contributed by atoms with Crippen molar-refractivity contribution in [2.45, 2.75) is 44.4 Å². The zero-order valence-corrected chi connectivity index (χ0v) is 19.2. The van der Waals surface area contributed by atoms with E-state index in [1.54, 1.807) is 18.7 Å². The van der Waals surface area contributed by atoms with Crippen molar-refractivity contribution in [3.8, 4) is 5.75 Å². The Bertz CT molecular complexity index is 1010. The van der Waals surface area contributed by atoms with Crippen LogP contribution in [0.15, 0.2) is 65.6 Å². The Hall–Kier alpha value is -2.43. The van der Waals surface area contributed by atoms with Gasteiger partial charge in [0, 0.05) is 21.4 Å². The molecule has 0 heterocycles. The van der Waals surface area contributed by atoms with Crippen molar-refractivity contribution in [3.05, 3.63) is 87.9 Å². The minimum absolute atomic E-state index is 0.185. The Morgan fingerprint density at radius 2 is 1.67 bits per heavy atom. The van der Waals surface area contributed by atoms with Crippen LogP contribution in [0, 0.1) is 20.8 Å². The van der Waals surface area contributed by atoms with Gasteiger partial charge in [0.25, 0.3) is 5.91 Å². The van der Waals surface area contributed by atoms with Crippen LogP contribution < -0.4 is 10.1 Å². The topological polar surface area (TPSA) is 38.3 Å². The van der Waals surface area contributed by atoms with Crippen molar-refractivity contribution >= 4 is 35.0 Å². The summed E-state index contributed by atoms with van der Waals surface area (Å²) in [5.41, 5.74) is 4.90. The maximum Gasteiger partial charge on any atom is 0.265 e. The summed E-state index contributed by atoms with van der Waals surface area (Å²) in [4.78, 5) is 13.9. The molecule has 5 heteroatoms. The van der Waals surface area contributed by atoms with E-state index in [9.17, 15) is 4.79 Å². The third-order valence-corrected chi connectivity index (χ3v) is 6.47. The van der Waals surface area contributed by atoms with Gasteiger partial charge in [-0.05, 0) is 80.3 Å². The molecule has 0 aliphatic rings. The first-order chi connectivity index (χ1) is 14.3. The lowest BCUT2D eigenvalue weighted by atomic mass is 10.1. The Morgan fingerprint density at radius 1 is 1.00 bits per heavy atom. The van der Waals surface area contributed by atoms with Crippen LogP contribution in [-0.2, 0) is 10.5 Å². The van der Waals surface area contributed by atoms with Crippen LogP contribution in [0.5, 0.6) is 5.75 Å². The highest BCUT2D eigenvalue weighted by Crippen LogP contribution is 2.27. The van der Waals surface area contributed by atoms with Gasteiger partial charge >= 0.3 is 0 Å². The summed E-state index contributed by atoms with van der Waals surface area (Å²) in [6.45, 7) is 7.60. The molecule has 0 fully saturated rings. The smallest absolute Gasteiger partial charge is 0.265 e. The second-order valence-corrected chi connectivity index (χ2v) is 8.80. The van der Waals surface area contributed by atoms with E-state index in [0.29, 0.717) is 5.75 Å². The molecule has 0 unspecified atom stereocenters. The second-order valence-electron chi connectivity index (χ2n) is 7.37. The number of thioether (sulfide) groups is 1. The van der Waals surface area contributed by atoms with Gasteiger partial charge in [-0.2, -0.15) is 0 Å². The van der Waals surface area contributed by atoms with E-state index in [-0.39, 0.29) is 5.91 Å². The van der Waals surface area contributed by atoms with Crippen molar-refractivity contribution in [3.63, 3.8) is 0 Å². The average Bonchev–Trinajstić information content (AvgIpc) is 2.72. The number of aryl methyl sites for hydroxylation is 3. The van der Waals surface area contributed by atoms with Crippen LogP contribution in [0.1, 0.15) is 29.2 Å². The first-order valence-electron chi connectivity index (χ1n) is 9.85.